The fourth-order valence-corrected chi connectivity index (χ4v) is 3.32. The molecule has 1 aliphatic carbocycles. The smallest absolute Gasteiger partial charge is 0.246 e. The largest absolute Gasteiger partial charge is 0.487 e. The predicted molar refractivity (Wildman–Crippen MR) is 110 cm³/mol. The van der Waals surface area contributed by atoms with Crippen molar-refractivity contribution in [3.05, 3.63) is 66.0 Å². The summed E-state index contributed by atoms with van der Waals surface area (Å²) in [6.45, 7) is 2.89. The monoisotopic (exact) mass is 391 g/mol. The number of hydrogen-bond donors (Lipinski definition) is 0. The van der Waals surface area contributed by atoms with Gasteiger partial charge in [0.05, 0.1) is 5.69 Å². The second kappa shape index (κ2) is 8.90. The summed E-state index contributed by atoms with van der Waals surface area (Å²) in [4.78, 5) is 32.5. The van der Waals surface area contributed by atoms with Gasteiger partial charge in [-0.05, 0) is 48.7 Å². The number of nitrogens with zero attached hydrogens (tertiary/aromatic N) is 3. The summed E-state index contributed by atoms with van der Waals surface area (Å²) < 4.78 is 5.72. The number of carbonyl (C=O) groups excluding carboxylic acids is 2. The van der Waals surface area contributed by atoms with E-state index in [1.54, 1.807) is 17.2 Å². The average molecular weight is 391 g/mol. The highest BCUT2D eigenvalue weighted by molar-refractivity contribution is 5.92. The van der Waals surface area contributed by atoms with Crippen molar-refractivity contribution in [1.82, 2.24) is 14.8 Å². The Balaban J connectivity index is 1.24. The van der Waals surface area contributed by atoms with E-state index >= 15 is 0 Å². The lowest BCUT2D eigenvalue weighted by atomic mass is 10.2. The van der Waals surface area contributed by atoms with Gasteiger partial charge in [0.15, 0.2) is 0 Å². The molecule has 150 valence electrons. The summed E-state index contributed by atoms with van der Waals surface area (Å²) in [5.74, 6) is 1.25. The van der Waals surface area contributed by atoms with Crippen LogP contribution in [0.25, 0.3) is 6.08 Å². The molecular formula is C23H25N3O3. The highest BCUT2D eigenvalue weighted by Gasteiger charge is 2.34. The fourth-order valence-electron chi connectivity index (χ4n) is 3.32. The molecule has 6 nitrogen and oxygen atoms in total. The number of pyridine rings is 1. The van der Waals surface area contributed by atoms with E-state index in [0.717, 1.165) is 29.8 Å². The van der Waals surface area contributed by atoms with E-state index in [-0.39, 0.29) is 17.7 Å². The van der Waals surface area contributed by atoms with Crippen molar-refractivity contribution in [3.63, 3.8) is 0 Å². The molecule has 1 aliphatic heterocycles. The van der Waals surface area contributed by atoms with Gasteiger partial charge in [0.1, 0.15) is 12.4 Å². The van der Waals surface area contributed by atoms with Crippen molar-refractivity contribution < 1.29 is 14.3 Å². The van der Waals surface area contributed by atoms with E-state index in [0.29, 0.717) is 32.8 Å². The molecular weight excluding hydrogens is 366 g/mol. The van der Waals surface area contributed by atoms with E-state index in [9.17, 15) is 9.59 Å². The first-order chi connectivity index (χ1) is 14.2. The van der Waals surface area contributed by atoms with E-state index < -0.39 is 0 Å². The molecule has 0 radical (unpaired) electrons. The number of rotatable bonds is 6. The zero-order valence-electron chi connectivity index (χ0n) is 16.4. The lowest BCUT2D eigenvalue weighted by Gasteiger charge is -2.34. The summed E-state index contributed by atoms with van der Waals surface area (Å²) in [7, 11) is 0. The van der Waals surface area contributed by atoms with Crippen molar-refractivity contribution in [3.8, 4) is 5.75 Å². The maximum atomic E-state index is 12.4. The molecule has 0 N–H and O–H groups in total. The molecule has 6 heteroatoms. The van der Waals surface area contributed by atoms with Crippen LogP contribution in [0.5, 0.6) is 5.75 Å². The van der Waals surface area contributed by atoms with Crippen molar-refractivity contribution in [2.75, 3.05) is 26.2 Å². The van der Waals surface area contributed by atoms with Crippen LogP contribution in [-0.2, 0) is 16.2 Å². The molecule has 0 spiro atoms. The Kier molecular flexibility index (Phi) is 5.89. The van der Waals surface area contributed by atoms with Gasteiger partial charge in [-0.25, -0.2) is 0 Å². The number of benzene rings is 1. The zero-order valence-corrected chi connectivity index (χ0v) is 16.4. The molecule has 2 aliphatic rings. The van der Waals surface area contributed by atoms with Gasteiger partial charge in [-0.2, -0.15) is 0 Å². The molecule has 29 heavy (non-hydrogen) atoms. The predicted octanol–water partition coefficient (Wildman–Crippen LogP) is 2.75. The molecule has 2 fully saturated rings. The number of piperazine rings is 1. The summed E-state index contributed by atoms with van der Waals surface area (Å²) in [5, 5.41) is 0. The third kappa shape index (κ3) is 5.22. The minimum atomic E-state index is -0.0148. The van der Waals surface area contributed by atoms with Gasteiger partial charge >= 0.3 is 0 Å². The molecule has 1 aromatic carbocycles. The van der Waals surface area contributed by atoms with Gasteiger partial charge in [0.25, 0.3) is 0 Å². The van der Waals surface area contributed by atoms with Crippen LogP contribution in [0.2, 0.25) is 0 Å². The Hall–Kier alpha value is -3.15. The highest BCUT2D eigenvalue weighted by atomic mass is 16.5. The zero-order chi connectivity index (χ0) is 20.1. The maximum absolute atomic E-state index is 12.4. The van der Waals surface area contributed by atoms with Crippen LogP contribution in [0.4, 0.5) is 0 Å². The van der Waals surface area contributed by atoms with E-state index in [4.69, 9.17) is 4.74 Å². The van der Waals surface area contributed by atoms with Crippen molar-refractivity contribution >= 4 is 17.9 Å². The highest BCUT2D eigenvalue weighted by Crippen LogP contribution is 2.31. The van der Waals surface area contributed by atoms with Gasteiger partial charge in [-0.3, -0.25) is 14.6 Å². The topological polar surface area (TPSA) is 62.7 Å². The Morgan fingerprint density at radius 3 is 2.38 bits per heavy atom. The number of carbonyl (C=O) groups is 2. The standard InChI is InChI=1S/C23H25N3O3/c27-22(25-13-15-26(16-14-25)23(28)19-7-8-19)11-6-18-4-9-21(10-5-18)29-17-20-3-1-2-12-24-20/h1-6,9-12,19H,7-8,13-17H2/b11-6+. The minimum Gasteiger partial charge on any atom is -0.487 e. The summed E-state index contributed by atoms with van der Waals surface area (Å²) >= 11 is 0. The molecule has 2 aromatic rings. The van der Waals surface area contributed by atoms with Gasteiger partial charge in [0.2, 0.25) is 11.8 Å². The SMILES string of the molecule is O=C(/C=C/c1ccc(OCc2ccccn2)cc1)N1CCN(C(=O)C2CC2)CC1. The second-order valence-corrected chi connectivity index (χ2v) is 7.44. The number of hydrogen-bond acceptors (Lipinski definition) is 4. The van der Waals surface area contributed by atoms with Crippen molar-refractivity contribution in [2.45, 2.75) is 19.4 Å². The number of aromatic nitrogens is 1. The molecule has 2 heterocycles. The molecule has 0 bridgehead atoms. The molecule has 1 aromatic heterocycles. The van der Waals surface area contributed by atoms with Gasteiger partial charge in [-0.15, -0.1) is 0 Å². The maximum Gasteiger partial charge on any atom is 0.246 e. The van der Waals surface area contributed by atoms with E-state index in [1.807, 2.05) is 53.4 Å². The van der Waals surface area contributed by atoms with Crippen LogP contribution in [0, 0.1) is 5.92 Å². The molecule has 4 rings (SSSR count). The van der Waals surface area contributed by atoms with Crippen LogP contribution in [0.3, 0.4) is 0 Å². The molecule has 2 amide bonds. The normalized spacial score (nSPS) is 16.8. The van der Waals surface area contributed by atoms with Crippen molar-refractivity contribution in [1.29, 1.82) is 0 Å². The first kappa shape index (κ1) is 19.2. The van der Waals surface area contributed by atoms with Crippen LogP contribution in [0.1, 0.15) is 24.1 Å². The quantitative estimate of drug-likeness (QED) is 0.711. The lowest BCUT2D eigenvalue weighted by molar-refractivity contribution is -0.138. The van der Waals surface area contributed by atoms with E-state index in [1.165, 1.54) is 0 Å². The Morgan fingerprint density at radius 1 is 1.00 bits per heavy atom. The third-order valence-corrected chi connectivity index (χ3v) is 5.24. The lowest BCUT2D eigenvalue weighted by Crippen LogP contribution is -2.50. The summed E-state index contributed by atoms with van der Waals surface area (Å²) in [6, 6.07) is 13.3. The summed E-state index contributed by atoms with van der Waals surface area (Å²) in [5.41, 5.74) is 1.81. The first-order valence-electron chi connectivity index (χ1n) is 10.1. The van der Waals surface area contributed by atoms with Gasteiger partial charge in [0, 0.05) is 44.4 Å². The summed E-state index contributed by atoms with van der Waals surface area (Å²) in [6.07, 6.45) is 7.20. The molecule has 1 saturated heterocycles. The third-order valence-electron chi connectivity index (χ3n) is 5.24. The van der Waals surface area contributed by atoms with Gasteiger partial charge < -0.3 is 14.5 Å². The average Bonchev–Trinajstić information content (AvgIpc) is 3.62. The van der Waals surface area contributed by atoms with Crippen LogP contribution < -0.4 is 4.74 Å². The van der Waals surface area contributed by atoms with Crippen LogP contribution in [0.15, 0.2) is 54.7 Å². The Labute approximate surface area is 170 Å². The molecule has 0 atom stereocenters. The Bertz CT molecular complexity index is 868. The number of ether oxygens (including phenoxy) is 1. The number of amides is 2. The fraction of sp³-hybridized carbons (Fsp3) is 0.348. The van der Waals surface area contributed by atoms with E-state index in [2.05, 4.69) is 4.98 Å². The first-order valence-corrected chi connectivity index (χ1v) is 10.1. The van der Waals surface area contributed by atoms with Gasteiger partial charge in [-0.1, -0.05) is 18.2 Å². The molecule has 0 unspecified atom stereocenters. The van der Waals surface area contributed by atoms with Crippen LogP contribution >= 0.6 is 0 Å². The van der Waals surface area contributed by atoms with Crippen LogP contribution in [-0.4, -0.2) is 52.8 Å². The minimum absolute atomic E-state index is 0.0148. The van der Waals surface area contributed by atoms with Crippen molar-refractivity contribution in [2.24, 2.45) is 5.92 Å². The Morgan fingerprint density at radius 2 is 1.72 bits per heavy atom. The molecule has 1 saturated carbocycles. The second-order valence-electron chi connectivity index (χ2n) is 7.44.